The smallest absolute Gasteiger partial charge is 0.242 e. The average Bonchev–Trinajstić information content (AvgIpc) is 3.92. The van der Waals surface area contributed by atoms with Gasteiger partial charge in [0.1, 0.15) is 29.6 Å². The van der Waals surface area contributed by atoms with Crippen molar-refractivity contribution < 1.29 is 28.7 Å². The molecule has 2 aromatic carbocycles. The van der Waals surface area contributed by atoms with Crippen LogP contribution in [-0.2, 0) is 32.8 Å². The van der Waals surface area contributed by atoms with Gasteiger partial charge in [0.15, 0.2) is 0 Å². The van der Waals surface area contributed by atoms with Gasteiger partial charge in [-0.2, -0.15) is 5.10 Å². The summed E-state index contributed by atoms with van der Waals surface area (Å²) in [5, 5.41) is 16.4. The molecule has 13 heteroatoms. The molecule has 3 fully saturated rings. The van der Waals surface area contributed by atoms with Crippen molar-refractivity contribution in [3.63, 3.8) is 0 Å². The lowest BCUT2D eigenvalue weighted by molar-refractivity contribution is -0.131. The number of rotatable bonds is 5. The summed E-state index contributed by atoms with van der Waals surface area (Å²) in [7, 11) is 1.72. The first-order valence-electron chi connectivity index (χ1n) is 17.1. The molecule has 2 aliphatic heterocycles. The van der Waals surface area contributed by atoms with Crippen LogP contribution in [0.3, 0.4) is 0 Å². The van der Waals surface area contributed by atoms with Crippen LogP contribution >= 0.6 is 45.5 Å². The van der Waals surface area contributed by atoms with Crippen molar-refractivity contribution in [2.75, 3.05) is 9.80 Å². The van der Waals surface area contributed by atoms with Crippen molar-refractivity contribution >= 4 is 90.7 Å². The second-order valence-electron chi connectivity index (χ2n) is 14.3. The molecule has 4 amide bonds. The van der Waals surface area contributed by atoms with Crippen molar-refractivity contribution in [1.82, 2.24) is 9.78 Å². The maximum atomic E-state index is 15.0. The Bertz CT molecular complexity index is 2410. The van der Waals surface area contributed by atoms with E-state index in [-0.39, 0.29) is 36.7 Å². The first-order valence-corrected chi connectivity index (χ1v) is 19.3. The van der Waals surface area contributed by atoms with Gasteiger partial charge in [-0.15, -0.1) is 11.3 Å². The largest absolute Gasteiger partial charge is 0.463 e. The van der Waals surface area contributed by atoms with Crippen LogP contribution in [0.15, 0.2) is 76.7 Å². The van der Waals surface area contributed by atoms with Gasteiger partial charge in [-0.05, 0) is 121 Å². The number of imide groups is 2. The number of hydrogen-bond donors (Lipinski definition) is 1. The van der Waals surface area contributed by atoms with Crippen LogP contribution in [0.4, 0.5) is 11.5 Å². The zero-order valence-corrected chi connectivity index (χ0v) is 32.0. The van der Waals surface area contributed by atoms with Crippen molar-refractivity contribution in [1.29, 1.82) is 0 Å². The normalized spacial score (nSPS) is 27.0. The highest BCUT2D eigenvalue weighted by molar-refractivity contribution is 14.1. The summed E-state index contributed by atoms with van der Waals surface area (Å²) in [5.41, 5.74) is 1.69. The Labute approximate surface area is 321 Å². The Balaban J connectivity index is 1.14. The van der Waals surface area contributed by atoms with E-state index < -0.39 is 35.0 Å². The van der Waals surface area contributed by atoms with Gasteiger partial charge in [-0.25, -0.2) is 4.90 Å². The number of allylic oxidation sites excluding steroid dienone is 2. The fourth-order valence-corrected chi connectivity index (χ4v) is 10.9. The SMILES string of the molecule is Cc1c(-c2cc(N3C(=O)C4CC5C(=CCC6C(=O)N(c7ccc(I)cc7)C(=O)C65)C(c5ccc(CO)o5)C4(C)C3=O)n(C)n2)sc2ccc(Cl)cc12. The van der Waals surface area contributed by atoms with E-state index in [9.17, 15) is 24.3 Å². The molecular weight excluding hydrogens is 815 g/mol. The first kappa shape index (κ1) is 33.7. The van der Waals surface area contributed by atoms with Crippen LogP contribution in [0.1, 0.15) is 42.8 Å². The third-order valence-corrected chi connectivity index (χ3v) is 13.9. The van der Waals surface area contributed by atoms with E-state index in [4.69, 9.17) is 21.1 Å². The van der Waals surface area contributed by atoms with Gasteiger partial charge in [0.2, 0.25) is 23.6 Å². The highest BCUT2D eigenvalue weighted by atomic mass is 127. The maximum absolute atomic E-state index is 15.0. The molecule has 5 aromatic rings. The Morgan fingerprint density at radius 1 is 1.00 bits per heavy atom. The monoisotopic (exact) mass is 846 g/mol. The van der Waals surface area contributed by atoms with E-state index in [2.05, 4.69) is 22.6 Å². The molecule has 52 heavy (non-hydrogen) atoms. The Morgan fingerprint density at radius 2 is 1.77 bits per heavy atom. The predicted octanol–water partition coefficient (Wildman–Crippen LogP) is 7.39. The highest BCUT2D eigenvalue weighted by Crippen LogP contribution is 2.64. The summed E-state index contributed by atoms with van der Waals surface area (Å²) < 4.78 is 9.75. The van der Waals surface area contributed by atoms with E-state index in [0.717, 1.165) is 29.7 Å². The van der Waals surface area contributed by atoms with Crippen LogP contribution in [0, 0.1) is 39.6 Å². The van der Waals surface area contributed by atoms with Crippen molar-refractivity contribution in [2.24, 2.45) is 36.1 Å². The van der Waals surface area contributed by atoms with E-state index >= 15 is 0 Å². The number of aliphatic hydroxyl groups is 1. The van der Waals surface area contributed by atoms with Crippen LogP contribution in [0.25, 0.3) is 20.7 Å². The minimum atomic E-state index is -1.28. The maximum Gasteiger partial charge on any atom is 0.242 e. The van der Waals surface area contributed by atoms with Crippen molar-refractivity contribution in [3.8, 4) is 10.6 Å². The van der Waals surface area contributed by atoms with Gasteiger partial charge in [-0.1, -0.05) is 23.3 Å². The molecule has 5 heterocycles. The molecule has 3 aromatic heterocycles. The van der Waals surface area contributed by atoms with E-state index in [1.807, 2.05) is 50.3 Å². The second kappa shape index (κ2) is 12.0. The summed E-state index contributed by atoms with van der Waals surface area (Å²) in [6.07, 6.45) is 2.53. The number of aromatic nitrogens is 2. The summed E-state index contributed by atoms with van der Waals surface area (Å²) in [6.45, 7) is 3.48. The van der Waals surface area contributed by atoms with Gasteiger partial charge in [0.05, 0.1) is 39.7 Å². The van der Waals surface area contributed by atoms with E-state index in [1.54, 1.807) is 53.4 Å². The number of fused-ring (bicyclic) bond motifs is 5. The second-order valence-corrected chi connectivity index (χ2v) is 17.1. The molecule has 0 spiro atoms. The van der Waals surface area contributed by atoms with Crippen LogP contribution in [0.5, 0.6) is 0 Å². The van der Waals surface area contributed by atoms with Gasteiger partial charge < -0.3 is 9.52 Å². The molecule has 10 nitrogen and oxygen atoms in total. The number of hydrogen-bond acceptors (Lipinski definition) is 8. The molecule has 2 saturated heterocycles. The number of carbonyl (C=O) groups is 4. The van der Waals surface area contributed by atoms with Gasteiger partial charge in [0, 0.05) is 26.4 Å². The predicted molar refractivity (Wildman–Crippen MR) is 205 cm³/mol. The first-order chi connectivity index (χ1) is 24.9. The summed E-state index contributed by atoms with van der Waals surface area (Å²) in [4.78, 5) is 61.4. The fraction of sp³-hybridized carbons (Fsp3) is 0.308. The number of aryl methyl sites for hydroxylation is 2. The van der Waals surface area contributed by atoms with Crippen molar-refractivity contribution in [3.05, 3.63) is 98.0 Å². The Kier molecular flexibility index (Phi) is 7.75. The molecular formula is C39H32ClIN4O6S. The number of aliphatic hydroxyl groups excluding tert-OH is 1. The molecule has 4 aliphatic rings. The third-order valence-electron chi connectivity index (χ3n) is 11.7. The molecule has 264 valence electrons. The molecule has 6 atom stereocenters. The number of nitrogens with zero attached hydrogens (tertiary/aromatic N) is 4. The molecule has 0 radical (unpaired) electrons. The highest BCUT2D eigenvalue weighted by Gasteiger charge is 2.68. The lowest BCUT2D eigenvalue weighted by Crippen LogP contribution is -2.48. The summed E-state index contributed by atoms with van der Waals surface area (Å²) in [5.74, 6) is -3.52. The minimum Gasteiger partial charge on any atom is -0.463 e. The lowest BCUT2D eigenvalue weighted by Gasteiger charge is -2.48. The minimum absolute atomic E-state index is 0.217. The Morgan fingerprint density at radius 3 is 2.50 bits per heavy atom. The lowest BCUT2D eigenvalue weighted by atomic mass is 9.52. The number of amides is 4. The zero-order chi connectivity index (χ0) is 36.4. The molecule has 1 saturated carbocycles. The number of anilines is 2. The summed E-state index contributed by atoms with van der Waals surface area (Å²) >= 11 is 10.1. The Hall–Kier alpha value is -4.11. The van der Waals surface area contributed by atoms with Crippen molar-refractivity contribution in [2.45, 2.75) is 39.2 Å². The average molecular weight is 847 g/mol. The number of carbonyl (C=O) groups excluding carboxylic acids is 4. The molecule has 0 bridgehead atoms. The zero-order valence-electron chi connectivity index (χ0n) is 28.3. The van der Waals surface area contributed by atoms with Gasteiger partial charge >= 0.3 is 0 Å². The molecule has 9 rings (SSSR count). The quantitative estimate of drug-likeness (QED) is 0.111. The van der Waals surface area contributed by atoms with Gasteiger partial charge in [-0.3, -0.25) is 28.8 Å². The van der Waals surface area contributed by atoms with Crippen LogP contribution < -0.4 is 9.80 Å². The van der Waals surface area contributed by atoms with Crippen LogP contribution in [-0.4, -0.2) is 38.5 Å². The topological polar surface area (TPSA) is 126 Å². The number of thiophene rings is 1. The number of benzene rings is 2. The number of furan rings is 1. The van der Waals surface area contributed by atoms with E-state index in [0.29, 0.717) is 40.2 Å². The van der Waals surface area contributed by atoms with Gasteiger partial charge in [0.25, 0.3) is 0 Å². The summed E-state index contributed by atoms with van der Waals surface area (Å²) in [6, 6.07) is 18.2. The number of halogens is 2. The van der Waals surface area contributed by atoms with E-state index in [1.165, 1.54) is 9.80 Å². The molecule has 2 aliphatic carbocycles. The molecule has 1 N–H and O–H groups in total. The van der Waals surface area contributed by atoms with Crippen LogP contribution in [0.2, 0.25) is 5.02 Å². The standard InChI is InChI=1S/C39H32ClIN4O6S/c1-18-25-14-19(40)4-13-30(25)52-34(18)28-16-31(43(3)42-28)45-36(48)27-15-26-23(33(39(27,2)38(45)50)29-12-9-22(17-46)51-29)10-11-24-32(26)37(49)44(35(24)47)21-7-5-20(41)6-8-21/h4-10,12-14,16,24,26-27,32-33,46H,11,15,17H2,1-3H3. The fourth-order valence-electron chi connectivity index (χ4n) is 9.23. The third kappa shape index (κ3) is 4.66. The molecule has 6 unspecified atom stereocenters.